The van der Waals surface area contributed by atoms with Gasteiger partial charge in [0.1, 0.15) is 5.69 Å². The van der Waals surface area contributed by atoms with E-state index in [0.29, 0.717) is 35.4 Å². The molecule has 2 fully saturated rings. The first-order chi connectivity index (χ1) is 19.9. The van der Waals surface area contributed by atoms with Crippen LogP contribution >= 0.6 is 0 Å². The van der Waals surface area contributed by atoms with Crippen LogP contribution in [0.1, 0.15) is 106 Å². The van der Waals surface area contributed by atoms with Crippen molar-refractivity contribution in [2.45, 2.75) is 110 Å². The van der Waals surface area contributed by atoms with Crippen LogP contribution < -0.4 is 10.6 Å². The third-order valence-electron chi connectivity index (χ3n) is 6.61. The number of carbonyl (C=O) groups excluding carboxylic acids is 2. The van der Waals surface area contributed by atoms with Crippen molar-refractivity contribution in [1.82, 2.24) is 35.0 Å². The minimum absolute atomic E-state index is 0.0626. The maximum atomic E-state index is 12.5. The second-order valence-corrected chi connectivity index (χ2v) is 11.1. The molecule has 42 heavy (non-hydrogen) atoms. The minimum Gasteiger partial charge on any atom is -0.352 e. The normalized spacial score (nSPS) is 16.2. The van der Waals surface area contributed by atoms with E-state index in [1.807, 2.05) is 13.8 Å². The van der Waals surface area contributed by atoms with E-state index in [2.05, 4.69) is 25.8 Å². The molecule has 2 aliphatic carbocycles. The van der Waals surface area contributed by atoms with Gasteiger partial charge in [-0.3, -0.25) is 14.3 Å². The number of alkyl halides is 4. The zero-order valence-corrected chi connectivity index (χ0v) is 24.5. The second-order valence-electron chi connectivity index (χ2n) is 11.1. The third-order valence-corrected chi connectivity index (χ3v) is 6.61. The molecule has 9 nitrogen and oxygen atoms in total. The summed E-state index contributed by atoms with van der Waals surface area (Å²) in [5.74, 6) is -4.01. The van der Waals surface area contributed by atoms with Crippen molar-refractivity contribution in [1.29, 1.82) is 0 Å². The van der Waals surface area contributed by atoms with Crippen LogP contribution in [0.3, 0.4) is 0 Å². The van der Waals surface area contributed by atoms with Gasteiger partial charge in [0.15, 0.2) is 5.65 Å². The molecule has 13 heteroatoms. The molecular weight excluding hydrogens is 554 g/mol. The second kappa shape index (κ2) is 15.6. The fourth-order valence-electron chi connectivity index (χ4n) is 4.04. The average molecular weight is 596 g/mol. The van der Waals surface area contributed by atoms with Crippen molar-refractivity contribution >= 4 is 17.5 Å². The number of amides is 2. The van der Waals surface area contributed by atoms with Crippen LogP contribution in [0, 0.1) is 5.92 Å². The van der Waals surface area contributed by atoms with Crippen LogP contribution in [-0.2, 0) is 17.9 Å². The number of hydrogen-bond acceptors (Lipinski definition) is 5. The summed E-state index contributed by atoms with van der Waals surface area (Å²) in [6.07, 6.45) is 9.24. The highest BCUT2D eigenvalue weighted by Gasteiger charge is 2.30. The summed E-state index contributed by atoms with van der Waals surface area (Å²) in [6.45, 7) is 5.59. The zero-order chi connectivity index (χ0) is 30.7. The van der Waals surface area contributed by atoms with Gasteiger partial charge in [-0.25, -0.2) is 27.1 Å². The molecule has 1 atom stereocenters. The number of hydrogen-bond donors (Lipinski definition) is 2. The van der Waals surface area contributed by atoms with E-state index in [-0.39, 0.29) is 44.3 Å². The summed E-state index contributed by atoms with van der Waals surface area (Å²) < 4.78 is 52.7. The lowest BCUT2D eigenvalue weighted by Crippen LogP contribution is -2.26. The van der Waals surface area contributed by atoms with Crippen LogP contribution in [0.15, 0.2) is 30.7 Å². The Labute approximate surface area is 243 Å². The number of rotatable bonds is 9. The highest BCUT2D eigenvalue weighted by atomic mass is 19.3. The van der Waals surface area contributed by atoms with Crippen molar-refractivity contribution in [2.75, 3.05) is 0 Å². The molecule has 3 aromatic heterocycles. The first-order valence-corrected chi connectivity index (χ1v) is 14.5. The van der Waals surface area contributed by atoms with Crippen molar-refractivity contribution < 1.29 is 27.2 Å². The lowest BCUT2D eigenvalue weighted by atomic mass is 9.97. The zero-order valence-electron chi connectivity index (χ0n) is 24.5. The molecule has 3 heterocycles. The summed E-state index contributed by atoms with van der Waals surface area (Å²) in [5.41, 5.74) is 2.32. The summed E-state index contributed by atoms with van der Waals surface area (Å²) >= 11 is 0. The van der Waals surface area contributed by atoms with Crippen LogP contribution in [0.4, 0.5) is 17.6 Å². The Morgan fingerprint density at radius 2 is 1.64 bits per heavy atom. The number of fused-ring (bicyclic) bond motifs is 1. The van der Waals surface area contributed by atoms with E-state index in [9.17, 15) is 27.2 Å². The number of imidazole rings is 1. The first-order valence-electron chi connectivity index (χ1n) is 14.5. The van der Waals surface area contributed by atoms with Gasteiger partial charge in [-0.05, 0) is 44.4 Å². The lowest BCUT2D eigenvalue weighted by Gasteiger charge is -2.20. The standard InChI is InChI=1S/C20H25F2N7O2.C6H10F2.C3H6/c1-12(2)29-16(4-5-25-29)20(31)24-10-15-11-28-17(27-15)7-14(9-26-28)8-23-18(30)6-13(3)19(21)22;7-6(8)4-2-1-3-5-6;1-2-3-1/h4-5,7,9,11-13,19H,6,8,10H2,1-3H3,(H,23,30)(H,24,31);1-5H2;1-3H2. The van der Waals surface area contributed by atoms with Crippen LogP contribution in [0.25, 0.3) is 5.65 Å². The maximum absolute atomic E-state index is 12.5. The fraction of sp³-hybridized carbons (Fsp3) is 0.621. The molecule has 0 radical (unpaired) electrons. The Balaban J connectivity index is 0.000000364. The highest BCUT2D eigenvalue weighted by molar-refractivity contribution is 5.92. The smallest absolute Gasteiger partial charge is 0.269 e. The van der Waals surface area contributed by atoms with Crippen molar-refractivity contribution in [3.8, 4) is 0 Å². The first kappa shape index (κ1) is 33.0. The Morgan fingerprint density at radius 3 is 2.21 bits per heavy atom. The molecule has 0 spiro atoms. The summed E-state index contributed by atoms with van der Waals surface area (Å²) in [7, 11) is 0. The molecule has 5 rings (SSSR count). The molecule has 0 aliphatic heterocycles. The largest absolute Gasteiger partial charge is 0.352 e. The summed E-state index contributed by atoms with van der Waals surface area (Å²) in [6, 6.07) is 3.46. The number of carbonyl (C=O) groups is 2. The van der Waals surface area contributed by atoms with Gasteiger partial charge in [0.25, 0.3) is 5.91 Å². The Morgan fingerprint density at radius 1 is 0.976 bits per heavy atom. The number of nitrogens with zero attached hydrogens (tertiary/aromatic N) is 5. The van der Waals surface area contributed by atoms with Gasteiger partial charge in [-0.2, -0.15) is 10.2 Å². The van der Waals surface area contributed by atoms with Crippen LogP contribution in [0.5, 0.6) is 0 Å². The molecule has 0 saturated heterocycles. The number of aromatic nitrogens is 5. The van der Waals surface area contributed by atoms with E-state index >= 15 is 0 Å². The predicted octanol–water partition coefficient (Wildman–Crippen LogP) is 6.10. The maximum Gasteiger partial charge on any atom is 0.269 e. The van der Waals surface area contributed by atoms with E-state index in [1.54, 1.807) is 39.9 Å². The third kappa shape index (κ3) is 11.1. The average Bonchev–Trinajstić information content (AvgIpc) is 3.63. The van der Waals surface area contributed by atoms with Gasteiger partial charge in [0, 0.05) is 44.0 Å². The van der Waals surface area contributed by atoms with Crippen molar-refractivity contribution in [3.05, 3.63) is 47.7 Å². The molecule has 2 aliphatic rings. The topological polar surface area (TPSA) is 106 Å². The molecule has 232 valence electrons. The summed E-state index contributed by atoms with van der Waals surface area (Å²) in [5, 5.41) is 13.8. The highest BCUT2D eigenvalue weighted by Crippen LogP contribution is 2.32. The van der Waals surface area contributed by atoms with Gasteiger partial charge in [0.2, 0.25) is 18.3 Å². The molecule has 1 unspecified atom stereocenters. The number of halogens is 4. The quantitative estimate of drug-likeness (QED) is 0.291. The minimum atomic E-state index is -2.53. The van der Waals surface area contributed by atoms with Crippen LogP contribution in [-0.4, -0.2) is 48.5 Å². The molecule has 3 aromatic rings. The summed E-state index contributed by atoms with van der Waals surface area (Å²) in [4.78, 5) is 28.6. The van der Waals surface area contributed by atoms with Crippen LogP contribution in [0.2, 0.25) is 0 Å². The number of nitrogens with one attached hydrogen (secondary N) is 2. The lowest BCUT2D eigenvalue weighted by molar-refractivity contribution is -0.123. The Kier molecular flexibility index (Phi) is 12.3. The van der Waals surface area contributed by atoms with E-state index in [1.165, 1.54) is 26.2 Å². The fourth-order valence-corrected chi connectivity index (χ4v) is 4.04. The van der Waals surface area contributed by atoms with Gasteiger partial charge in [-0.15, -0.1) is 0 Å². The Bertz CT molecular complexity index is 1280. The molecule has 2 amide bonds. The van der Waals surface area contributed by atoms with Gasteiger partial charge in [-0.1, -0.05) is 32.6 Å². The molecule has 2 saturated carbocycles. The van der Waals surface area contributed by atoms with E-state index < -0.39 is 24.2 Å². The Hall–Kier alpha value is -3.51. The van der Waals surface area contributed by atoms with Gasteiger partial charge < -0.3 is 10.6 Å². The molecular formula is C29H41F4N7O2. The van der Waals surface area contributed by atoms with Crippen molar-refractivity contribution in [3.63, 3.8) is 0 Å². The predicted molar refractivity (Wildman–Crippen MR) is 150 cm³/mol. The van der Waals surface area contributed by atoms with Gasteiger partial charge in [0.05, 0.1) is 24.6 Å². The van der Waals surface area contributed by atoms with E-state index in [0.717, 1.165) is 6.42 Å². The molecule has 0 bridgehead atoms. The molecule has 0 aromatic carbocycles. The van der Waals surface area contributed by atoms with Gasteiger partial charge >= 0.3 is 0 Å². The van der Waals surface area contributed by atoms with Crippen molar-refractivity contribution in [2.24, 2.45) is 5.92 Å². The molecule has 2 N–H and O–H groups in total. The SMILES string of the molecule is C1CC1.CC(CC(=O)NCc1cnn2cc(CNC(=O)c3ccnn3C(C)C)nc2c1)C(F)F.FC1(F)CCCCC1. The van der Waals surface area contributed by atoms with E-state index in [4.69, 9.17) is 0 Å². The monoisotopic (exact) mass is 595 g/mol.